The lowest BCUT2D eigenvalue weighted by Gasteiger charge is -2.51. The van der Waals surface area contributed by atoms with Crippen LogP contribution in [0.2, 0.25) is 5.15 Å². The fraction of sp³-hybridized carbons (Fsp3) is 0.400. The summed E-state index contributed by atoms with van der Waals surface area (Å²) in [5, 5.41) is 7.30. The number of thioether (sulfide) groups is 1. The predicted molar refractivity (Wildman–Crippen MR) is 169 cm³/mol. The Hall–Kier alpha value is -3.06. The van der Waals surface area contributed by atoms with E-state index in [4.69, 9.17) is 48.5 Å². The number of ether oxygens (including phenoxy) is 4. The minimum absolute atomic E-state index is 0.0708. The van der Waals surface area contributed by atoms with Crippen LogP contribution < -0.4 is 16.9 Å². The molecule has 3 saturated heterocycles. The number of hydrogen-bond acceptors (Lipinski definition) is 12. The van der Waals surface area contributed by atoms with Gasteiger partial charge in [-0.1, -0.05) is 59.6 Å². The maximum atomic E-state index is 13.3. The van der Waals surface area contributed by atoms with E-state index in [1.807, 2.05) is 36.4 Å². The molecule has 11 nitrogen and oxygen atoms in total. The summed E-state index contributed by atoms with van der Waals surface area (Å²) in [4.78, 5) is 20.1. The van der Waals surface area contributed by atoms with Gasteiger partial charge in [-0.25, -0.2) is 10.8 Å². The van der Waals surface area contributed by atoms with Crippen LogP contribution in [-0.4, -0.2) is 83.9 Å². The number of likely N-dealkylation sites (tertiary alicyclic amines) is 1. The number of hydrogen-bond donors (Lipinski definition) is 3. The van der Waals surface area contributed by atoms with Crippen LogP contribution in [0, 0.1) is 12.3 Å². The van der Waals surface area contributed by atoms with Crippen molar-refractivity contribution in [3.05, 3.63) is 79.9 Å². The highest BCUT2D eigenvalue weighted by Gasteiger charge is 2.52. The maximum absolute atomic E-state index is 13.3. The van der Waals surface area contributed by atoms with Crippen LogP contribution in [0.5, 0.6) is 0 Å². The van der Waals surface area contributed by atoms with Gasteiger partial charge in [-0.15, -0.1) is 17.8 Å². The summed E-state index contributed by atoms with van der Waals surface area (Å²) in [7, 11) is 1.59. The van der Waals surface area contributed by atoms with Gasteiger partial charge in [0, 0.05) is 54.4 Å². The second-order valence-electron chi connectivity index (χ2n) is 10.6. The van der Waals surface area contributed by atoms with Gasteiger partial charge in [-0.2, -0.15) is 0 Å². The van der Waals surface area contributed by atoms with Crippen LogP contribution in [0.4, 0.5) is 0 Å². The van der Waals surface area contributed by atoms with Gasteiger partial charge >= 0.3 is 0 Å². The molecule has 1 aromatic carbocycles. The molecule has 1 amide bonds. The van der Waals surface area contributed by atoms with Crippen molar-refractivity contribution in [1.82, 2.24) is 20.2 Å². The highest BCUT2D eigenvalue weighted by Crippen LogP contribution is 2.42. The molecule has 232 valence electrons. The normalized spacial score (nSPS) is 28.7. The Bertz CT molecular complexity index is 1510. The second kappa shape index (κ2) is 13.5. The van der Waals surface area contributed by atoms with E-state index in [1.54, 1.807) is 23.6 Å². The van der Waals surface area contributed by atoms with Gasteiger partial charge in [-0.3, -0.25) is 4.79 Å². The molecule has 0 aliphatic carbocycles. The molecular formula is C30H33ClN6O5S2. The number of nitrogens with one attached hydrogen (secondary N) is 1. The molecule has 4 aliphatic heterocycles. The van der Waals surface area contributed by atoms with Gasteiger partial charge < -0.3 is 39.9 Å². The number of terminal acetylenes is 1. The van der Waals surface area contributed by atoms with Crippen molar-refractivity contribution in [2.75, 3.05) is 33.4 Å². The average Bonchev–Trinajstić information content (AvgIpc) is 3.46. The molecule has 44 heavy (non-hydrogen) atoms. The first-order valence-corrected chi connectivity index (χ1v) is 16.2. The number of amides is 1. The second-order valence-corrected chi connectivity index (χ2v) is 13.0. The number of thiazole rings is 1. The Balaban J connectivity index is 1.34. The predicted octanol–water partition coefficient (Wildman–Crippen LogP) is 2.79. The number of fused-ring (bicyclic) bond motifs is 1. The van der Waals surface area contributed by atoms with Gasteiger partial charge in [0.05, 0.1) is 12.3 Å². The van der Waals surface area contributed by atoms with Crippen molar-refractivity contribution in [2.24, 2.45) is 11.6 Å². The quantitative estimate of drug-likeness (QED) is 0.220. The van der Waals surface area contributed by atoms with E-state index in [0.29, 0.717) is 33.0 Å². The van der Waals surface area contributed by atoms with E-state index in [-0.39, 0.29) is 12.5 Å². The number of nitrogens with two attached hydrogens (primary N) is 2. The standard InChI is InChI=1S/C30H33ClN6O5S2/c1-3-17-12-21(23(34-13-17)28(38)36-10-7-11-36)44-30-26(39-2)24(37(33)14-19(32)27-35-22(31)16-43-27)25-20(41-30)15-40-29(42-25)18-8-5-4-6-9-18/h1,4-6,8-9,12,14,16,20,24-26,29-30,34H,7,10-11,13,15,32-33H2,2H3/b19-14-. The number of hydrazine groups is 1. The molecule has 14 heteroatoms. The third kappa shape index (κ3) is 6.35. The fourth-order valence-electron chi connectivity index (χ4n) is 5.44. The zero-order chi connectivity index (χ0) is 30.8. The summed E-state index contributed by atoms with van der Waals surface area (Å²) in [6.45, 7) is 2.08. The van der Waals surface area contributed by atoms with Gasteiger partial charge in [0.1, 0.15) is 45.6 Å². The van der Waals surface area contributed by atoms with E-state index in [0.717, 1.165) is 30.6 Å². The summed E-state index contributed by atoms with van der Waals surface area (Å²) < 4.78 is 25.4. The van der Waals surface area contributed by atoms with Crippen molar-refractivity contribution in [1.29, 1.82) is 0 Å². The number of methoxy groups -OCH3 is 1. The molecule has 4 aliphatic rings. The van der Waals surface area contributed by atoms with E-state index in [2.05, 4.69) is 16.2 Å². The average molecular weight is 657 g/mol. The van der Waals surface area contributed by atoms with Crippen molar-refractivity contribution in [3.8, 4) is 12.3 Å². The van der Waals surface area contributed by atoms with Crippen LogP contribution in [0.15, 0.2) is 64.2 Å². The zero-order valence-corrected chi connectivity index (χ0v) is 26.3. The SMILES string of the molecule is C#CC1=CC(SC2OC3COC(c4ccccc4)OC3C(N(N)/C=C(\N)c3nc(Cl)cs3)C2OC)=C(C(=O)N2CCC2)NC1. The summed E-state index contributed by atoms with van der Waals surface area (Å²) in [6.07, 6.45) is 7.83. The van der Waals surface area contributed by atoms with E-state index >= 15 is 0 Å². The number of aromatic nitrogens is 1. The van der Waals surface area contributed by atoms with Crippen LogP contribution in [0.25, 0.3) is 5.70 Å². The van der Waals surface area contributed by atoms with Crippen LogP contribution >= 0.6 is 34.7 Å². The fourth-order valence-corrected chi connectivity index (χ4v) is 7.65. The Kier molecular flexibility index (Phi) is 9.51. The van der Waals surface area contributed by atoms with Crippen molar-refractivity contribution >= 4 is 46.3 Å². The lowest BCUT2D eigenvalue weighted by Crippen LogP contribution is -2.67. The minimum atomic E-state index is -0.637. The van der Waals surface area contributed by atoms with Crippen molar-refractivity contribution in [3.63, 3.8) is 0 Å². The van der Waals surface area contributed by atoms with Crippen LogP contribution in [-0.2, 0) is 23.7 Å². The molecule has 3 fully saturated rings. The number of allylic oxidation sites excluding steroid dienone is 1. The lowest BCUT2D eigenvalue weighted by molar-refractivity contribution is -0.309. The van der Waals surface area contributed by atoms with Crippen molar-refractivity contribution in [2.45, 2.75) is 42.5 Å². The first-order valence-electron chi connectivity index (χ1n) is 14.1. The van der Waals surface area contributed by atoms with Crippen LogP contribution in [0.3, 0.4) is 0 Å². The van der Waals surface area contributed by atoms with E-state index in [9.17, 15) is 4.79 Å². The molecule has 6 unspecified atom stereocenters. The summed E-state index contributed by atoms with van der Waals surface area (Å²) in [5.41, 5.74) is 8.19. The number of carbonyl (C=O) groups is 1. The molecule has 6 atom stereocenters. The Morgan fingerprint density at radius 2 is 2.14 bits per heavy atom. The molecular weight excluding hydrogens is 624 g/mol. The molecule has 5 N–H and O–H groups in total. The first-order chi connectivity index (χ1) is 21.4. The molecule has 2 aromatic rings. The number of dihydropyridines is 1. The van der Waals surface area contributed by atoms with Crippen LogP contribution in [0.1, 0.15) is 23.3 Å². The van der Waals surface area contributed by atoms with Gasteiger partial charge in [-0.05, 0) is 12.5 Å². The van der Waals surface area contributed by atoms with Gasteiger partial charge in [0.15, 0.2) is 6.29 Å². The maximum Gasteiger partial charge on any atom is 0.271 e. The number of halogens is 1. The molecule has 0 radical (unpaired) electrons. The first kappa shape index (κ1) is 30.9. The Morgan fingerprint density at radius 3 is 2.80 bits per heavy atom. The highest BCUT2D eigenvalue weighted by atomic mass is 35.5. The Morgan fingerprint density at radius 1 is 1.34 bits per heavy atom. The van der Waals surface area contributed by atoms with E-state index in [1.165, 1.54) is 28.1 Å². The molecule has 0 saturated carbocycles. The highest BCUT2D eigenvalue weighted by molar-refractivity contribution is 8.03. The number of benzene rings is 1. The molecule has 6 rings (SSSR count). The minimum Gasteiger partial charge on any atom is -0.395 e. The molecule has 5 heterocycles. The zero-order valence-electron chi connectivity index (χ0n) is 23.9. The molecule has 1 aromatic heterocycles. The molecule has 0 bridgehead atoms. The number of nitrogens with zero attached hydrogens (tertiary/aromatic N) is 3. The van der Waals surface area contributed by atoms with Gasteiger partial charge in [0.2, 0.25) is 0 Å². The third-order valence-electron chi connectivity index (χ3n) is 7.80. The summed E-state index contributed by atoms with van der Waals surface area (Å²) in [6, 6.07) is 9.08. The summed E-state index contributed by atoms with van der Waals surface area (Å²) in [5.74, 6) is 9.39. The summed E-state index contributed by atoms with van der Waals surface area (Å²) >= 11 is 8.71. The topological polar surface area (TPSA) is 137 Å². The smallest absolute Gasteiger partial charge is 0.271 e. The number of rotatable bonds is 8. The lowest BCUT2D eigenvalue weighted by atomic mass is 9.95. The third-order valence-corrected chi connectivity index (χ3v) is 10.2. The Labute approximate surface area is 269 Å². The molecule has 0 spiro atoms. The monoisotopic (exact) mass is 656 g/mol. The number of carbonyl (C=O) groups excluding carboxylic acids is 1. The van der Waals surface area contributed by atoms with Crippen molar-refractivity contribution < 1.29 is 23.7 Å². The van der Waals surface area contributed by atoms with E-state index < -0.39 is 36.1 Å². The van der Waals surface area contributed by atoms with Gasteiger partial charge in [0.25, 0.3) is 5.91 Å². The largest absolute Gasteiger partial charge is 0.395 e.